The highest BCUT2D eigenvalue weighted by Crippen LogP contribution is 2.65. The fourth-order valence-corrected chi connectivity index (χ4v) is 5.55. The number of benzene rings is 2. The molecule has 0 bridgehead atoms. The molecule has 0 amide bonds. The minimum atomic E-state index is 0.277. The van der Waals surface area contributed by atoms with Crippen molar-refractivity contribution in [2.75, 3.05) is 16.8 Å². The Hall–Kier alpha value is -1.96. The molecule has 3 unspecified atom stereocenters. The third-order valence-corrected chi connectivity index (χ3v) is 7.16. The van der Waals surface area contributed by atoms with Crippen LogP contribution in [0.3, 0.4) is 0 Å². The lowest BCUT2D eigenvalue weighted by Gasteiger charge is -2.60. The first-order valence-corrected chi connectivity index (χ1v) is 8.73. The molecule has 1 aliphatic carbocycles. The van der Waals surface area contributed by atoms with Crippen molar-refractivity contribution in [1.82, 2.24) is 0 Å². The van der Waals surface area contributed by atoms with Crippen molar-refractivity contribution in [2.24, 2.45) is 5.41 Å². The largest absolute Gasteiger partial charge is 0.352 e. The molecule has 3 aliphatic rings. The van der Waals surface area contributed by atoms with Crippen molar-refractivity contribution in [3.8, 4) is 0 Å². The Balaban J connectivity index is 1.77. The molecule has 2 nitrogen and oxygen atoms in total. The van der Waals surface area contributed by atoms with E-state index in [1.807, 2.05) is 0 Å². The van der Waals surface area contributed by atoms with Crippen molar-refractivity contribution in [2.45, 2.75) is 44.8 Å². The minimum absolute atomic E-state index is 0.277. The topological polar surface area (TPSA) is 6.48 Å². The second-order valence-corrected chi connectivity index (χ2v) is 8.01. The second kappa shape index (κ2) is 4.11. The van der Waals surface area contributed by atoms with Crippen molar-refractivity contribution < 1.29 is 0 Å². The van der Waals surface area contributed by atoms with Crippen LogP contribution < -0.4 is 9.80 Å². The van der Waals surface area contributed by atoms with Crippen molar-refractivity contribution >= 4 is 11.4 Å². The molecule has 23 heavy (non-hydrogen) atoms. The van der Waals surface area contributed by atoms with E-state index >= 15 is 0 Å². The molecular weight excluding hydrogens is 280 g/mol. The van der Waals surface area contributed by atoms with E-state index in [1.165, 1.54) is 29.8 Å². The van der Waals surface area contributed by atoms with Crippen LogP contribution >= 0.6 is 0 Å². The molecule has 5 rings (SSSR count). The van der Waals surface area contributed by atoms with Gasteiger partial charge in [-0.15, -0.1) is 0 Å². The first-order valence-electron chi connectivity index (χ1n) is 8.73. The number of nitrogens with zero attached hydrogens (tertiary/aromatic N) is 2. The van der Waals surface area contributed by atoms with Gasteiger partial charge in [0.15, 0.2) is 0 Å². The summed E-state index contributed by atoms with van der Waals surface area (Å²) in [5.74, 6) is 0. The van der Waals surface area contributed by atoms with Crippen LogP contribution in [-0.2, 0) is 12.0 Å². The second-order valence-electron chi connectivity index (χ2n) is 8.01. The molecule has 118 valence electrons. The first-order chi connectivity index (χ1) is 11.1. The summed E-state index contributed by atoms with van der Waals surface area (Å²) in [6, 6.07) is 18.0. The van der Waals surface area contributed by atoms with Crippen molar-refractivity contribution in [3.63, 3.8) is 0 Å². The lowest BCUT2D eigenvalue weighted by atomic mass is 9.47. The molecule has 2 aromatic rings. The molecular formula is C21H24N2. The summed E-state index contributed by atoms with van der Waals surface area (Å²) >= 11 is 0. The molecule has 0 aromatic heterocycles. The smallest absolute Gasteiger partial charge is 0.108 e. The fraction of sp³-hybridized carbons (Fsp3) is 0.429. The van der Waals surface area contributed by atoms with Gasteiger partial charge in [0.1, 0.15) is 6.17 Å². The van der Waals surface area contributed by atoms with E-state index in [-0.39, 0.29) is 10.8 Å². The Morgan fingerprint density at radius 2 is 1.61 bits per heavy atom. The minimum Gasteiger partial charge on any atom is -0.352 e. The van der Waals surface area contributed by atoms with Gasteiger partial charge in [-0.25, -0.2) is 0 Å². The summed E-state index contributed by atoms with van der Waals surface area (Å²) in [7, 11) is 2.28. The van der Waals surface area contributed by atoms with Gasteiger partial charge in [-0.2, -0.15) is 0 Å². The van der Waals surface area contributed by atoms with Crippen LogP contribution in [-0.4, -0.2) is 13.2 Å². The van der Waals surface area contributed by atoms with Crippen molar-refractivity contribution in [1.29, 1.82) is 0 Å². The van der Waals surface area contributed by atoms with Gasteiger partial charge in [0.25, 0.3) is 0 Å². The standard InChI is InChI=1S/C21H24N2/c1-20-12-13-21(20,2)19-22(3)17-10-6-7-11-18(17)23(19)14-15-8-4-5-9-16(15)20/h4-11,19H,12-14H2,1-3H3. The van der Waals surface area contributed by atoms with Crippen LogP contribution in [0, 0.1) is 5.41 Å². The summed E-state index contributed by atoms with van der Waals surface area (Å²) in [6.07, 6.45) is 3.05. The van der Waals surface area contributed by atoms with E-state index in [2.05, 4.69) is 79.2 Å². The molecule has 0 radical (unpaired) electrons. The predicted molar refractivity (Wildman–Crippen MR) is 96.0 cm³/mol. The average molecular weight is 304 g/mol. The molecule has 2 heteroatoms. The maximum Gasteiger partial charge on any atom is 0.108 e. The number of rotatable bonds is 0. The lowest BCUT2D eigenvalue weighted by molar-refractivity contribution is -0.000266. The number of hydrogen-bond donors (Lipinski definition) is 0. The summed E-state index contributed by atoms with van der Waals surface area (Å²) in [6.45, 7) is 6.03. The molecule has 1 saturated carbocycles. The average Bonchev–Trinajstić information content (AvgIpc) is 2.83. The molecule has 2 aliphatic heterocycles. The van der Waals surface area contributed by atoms with E-state index in [0.717, 1.165) is 6.54 Å². The van der Waals surface area contributed by atoms with Gasteiger partial charge in [0, 0.05) is 24.4 Å². The highest BCUT2D eigenvalue weighted by atomic mass is 15.4. The van der Waals surface area contributed by atoms with Crippen molar-refractivity contribution in [3.05, 3.63) is 59.7 Å². The SMILES string of the molecule is CN1c2ccccc2N2Cc3ccccc3C3(C)CCC3(C)C12. The van der Waals surface area contributed by atoms with Crippen LogP contribution in [0.25, 0.3) is 0 Å². The van der Waals surface area contributed by atoms with Crippen LogP contribution in [0.1, 0.15) is 37.8 Å². The van der Waals surface area contributed by atoms with Gasteiger partial charge >= 0.3 is 0 Å². The first kappa shape index (κ1) is 13.5. The maximum absolute atomic E-state index is 2.65. The molecule has 2 aromatic carbocycles. The molecule has 1 fully saturated rings. The summed E-state index contributed by atoms with van der Waals surface area (Å²) < 4.78 is 0. The van der Waals surface area contributed by atoms with Gasteiger partial charge in [-0.3, -0.25) is 0 Å². The van der Waals surface area contributed by atoms with E-state index < -0.39 is 0 Å². The number of hydrogen-bond acceptors (Lipinski definition) is 2. The van der Waals surface area contributed by atoms with Gasteiger partial charge in [0.05, 0.1) is 11.4 Å². The normalized spacial score (nSPS) is 34.0. The zero-order valence-electron chi connectivity index (χ0n) is 14.2. The molecule has 0 N–H and O–H groups in total. The number of anilines is 2. The van der Waals surface area contributed by atoms with Gasteiger partial charge in [-0.1, -0.05) is 50.2 Å². The molecule has 0 saturated heterocycles. The molecule has 3 atom stereocenters. The Kier molecular flexibility index (Phi) is 2.41. The maximum atomic E-state index is 2.65. The predicted octanol–water partition coefficient (Wildman–Crippen LogP) is 4.54. The molecule has 2 heterocycles. The number of para-hydroxylation sites is 2. The Morgan fingerprint density at radius 1 is 0.913 bits per heavy atom. The highest BCUT2D eigenvalue weighted by Gasteiger charge is 2.63. The van der Waals surface area contributed by atoms with Crippen LogP contribution in [0.15, 0.2) is 48.5 Å². The zero-order chi connectivity index (χ0) is 15.8. The van der Waals surface area contributed by atoms with Crippen LogP contribution in [0.5, 0.6) is 0 Å². The quantitative estimate of drug-likeness (QED) is 0.705. The van der Waals surface area contributed by atoms with Gasteiger partial charge in [-0.05, 0) is 36.1 Å². The lowest BCUT2D eigenvalue weighted by Crippen LogP contribution is -2.63. The third kappa shape index (κ3) is 1.41. The number of fused-ring (bicyclic) bond motifs is 7. The van der Waals surface area contributed by atoms with E-state index in [9.17, 15) is 0 Å². The Morgan fingerprint density at radius 3 is 2.35 bits per heavy atom. The molecule has 0 spiro atoms. The summed E-state index contributed by atoms with van der Waals surface area (Å²) in [4.78, 5) is 5.18. The zero-order valence-corrected chi connectivity index (χ0v) is 14.2. The van der Waals surface area contributed by atoms with Crippen LogP contribution in [0.2, 0.25) is 0 Å². The van der Waals surface area contributed by atoms with Gasteiger partial charge < -0.3 is 9.80 Å². The summed E-state index contributed by atoms with van der Waals surface area (Å²) in [5.41, 5.74) is 6.43. The van der Waals surface area contributed by atoms with Gasteiger partial charge in [0.2, 0.25) is 0 Å². The highest BCUT2D eigenvalue weighted by molar-refractivity contribution is 5.78. The van der Waals surface area contributed by atoms with Crippen LogP contribution in [0.4, 0.5) is 11.4 Å². The third-order valence-electron chi connectivity index (χ3n) is 7.16. The fourth-order valence-electron chi connectivity index (χ4n) is 5.55. The van der Waals surface area contributed by atoms with E-state index in [4.69, 9.17) is 0 Å². The Labute approximate surface area is 138 Å². The van der Waals surface area contributed by atoms with E-state index in [1.54, 1.807) is 5.56 Å². The monoisotopic (exact) mass is 304 g/mol. The summed E-state index contributed by atoms with van der Waals surface area (Å²) in [5, 5.41) is 0. The van der Waals surface area contributed by atoms with E-state index in [0.29, 0.717) is 6.17 Å². The Bertz CT molecular complexity index is 798.